The van der Waals surface area contributed by atoms with E-state index in [0.29, 0.717) is 0 Å². The maximum absolute atomic E-state index is 11.3. The van der Waals surface area contributed by atoms with Crippen LogP contribution in [0.1, 0.15) is 29.6 Å². The number of esters is 1. The Labute approximate surface area is 85.9 Å². The minimum atomic E-state index is -0.957. The van der Waals surface area contributed by atoms with E-state index in [9.17, 15) is 9.59 Å². The first kappa shape index (κ1) is 11.2. The van der Waals surface area contributed by atoms with E-state index in [2.05, 4.69) is 4.98 Å². The number of carbonyl (C=O) groups is 2. The van der Waals surface area contributed by atoms with Gasteiger partial charge in [0.1, 0.15) is 5.76 Å². The molecule has 82 valence electrons. The third-order valence-electron chi connectivity index (χ3n) is 1.68. The first-order valence-corrected chi connectivity index (χ1v) is 4.46. The molecule has 0 atom stereocenters. The maximum Gasteiger partial charge on any atom is 0.360 e. The van der Waals surface area contributed by atoms with Crippen molar-refractivity contribution in [2.24, 2.45) is 0 Å². The van der Waals surface area contributed by atoms with Crippen molar-refractivity contribution in [3.8, 4) is 0 Å². The lowest BCUT2D eigenvalue weighted by Crippen LogP contribution is -2.08. The molecule has 1 aromatic heterocycles. The van der Waals surface area contributed by atoms with E-state index in [0.717, 1.165) is 6.39 Å². The Morgan fingerprint density at radius 1 is 1.60 bits per heavy atom. The Balaban J connectivity index is 2.68. The minimum Gasteiger partial charge on any atom is -0.481 e. The molecule has 0 aromatic carbocycles. The summed E-state index contributed by atoms with van der Waals surface area (Å²) in [5, 5.41) is 8.47. The number of carboxylic acid groups (broad SMARTS) is 1. The monoisotopic (exact) mass is 213 g/mol. The largest absolute Gasteiger partial charge is 0.481 e. The predicted octanol–water partition coefficient (Wildman–Crippen LogP) is 0.869. The highest BCUT2D eigenvalue weighted by Crippen LogP contribution is 2.10. The summed E-state index contributed by atoms with van der Waals surface area (Å²) in [6.07, 6.45) is 1.12. The van der Waals surface area contributed by atoms with Gasteiger partial charge in [0.15, 0.2) is 12.1 Å². The van der Waals surface area contributed by atoms with E-state index in [1.165, 1.54) is 0 Å². The van der Waals surface area contributed by atoms with E-state index < -0.39 is 11.9 Å². The Morgan fingerprint density at radius 2 is 2.33 bits per heavy atom. The number of carboxylic acids is 1. The van der Waals surface area contributed by atoms with E-state index in [1.54, 1.807) is 6.92 Å². The highest BCUT2D eigenvalue weighted by molar-refractivity contribution is 5.88. The Morgan fingerprint density at radius 3 is 2.93 bits per heavy atom. The minimum absolute atomic E-state index is 0.0538. The molecule has 0 radical (unpaired) electrons. The fraction of sp³-hybridized carbons (Fsp3) is 0.444. The van der Waals surface area contributed by atoms with E-state index >= 15 is 0 Å². The van der Waals surface area contributed by atoms with Gasteiger partial charge in [0.2, 0.25) is 0 Å². The second-order valence-corrected chi connectivity index (χ2v) is 2.74. The van der Waals surface area contributed by atoms with Gasteiger partial charge in [-0.15, -0.1) is 0 Å². The molecule has 1 heterocycles. The smallest absolute Gasteiger partial charge is 0.360 e. The van der Waals surface area contributed by atoms with Gasteiger partial charge >= 0.3 is 11.9 Å². The normalized spacial score (nSPS) is 9.93. The number of aliphatic carboxylic acids is 1. The van der Waals surface area contributed by atoms with Gasteiger partial charge in [0.05, 0.1) is 13.0 Å². The summed E-state index contributed by atoms with van der Waals surface area (Å²) in [7, 11) is 0. The van der Waals surface area contributed by atoms with E-state index in [1.807, 2.05) is 0 Å². The third-order valence-corrected chi connectivity index (χ3v) is 1.68. The van der Waals surface area contributed by atoms with Gasteiger partial charge in [-0.05, 0) is 6.92 Å². The molecule has 0 aliphatic rings. The van der Waals surface area contributed by atoms with Gasteiger partial charge < -0.3 is 14.3 Å². The third kappa shape index (κ3) is 3.08. The van der Waals surface area contributed by atoms with Gasteiger partial charge in [0, 0.05) is 6.42 Å². The van der Waals surface area contributed by atoms with Crippen LogP contribution >= 0.6 is 0 Å². The van der Waals surface area contributed by atoms with Crippen molar-refractivity contribution in [3.63, 3.8) is 0 Å². The van der Waals surface area contributed by atoms with Crippen molar-refractivity contribution < 1.29 is 23.8 Å². The van der Waals surface area contributed by atoms with Crippen molar-refractivity contribution in [2.45, 2.75) is 19.8 Å². The molecule has 0 spiro atoms. The SMILES string of the molecule is CCOC(=O)c1ncoc1CCC(=O)O. The number of oxazole rings is 1. The highest BCUT2D eigenvalue weighted by atomic mass is 16.5. The lowest BCUT2D eigenvalue weighted by Gasteiger charge is -1.99. The predicted molar refractivity (Wildman–Crippen MR) is 48.4 cm³/mol. The van der Waals surface area contributed by atoms with Gasteiger partial charge in [-0.2, -0.15) is 0 Å². The Kier molecular flexibility index (Phi) is 3.84. The van der Waals surface area contributed by atoms with Crippen LogP contribution in [-0.2, 0) is 16.0 Å². The topological polar surface area (TPSA) is 89.6 Å². The van der Waals surface area contributed by atoms with Crippen molar-refractivity contribution >= 4 is 11.9 Å². The van der Waals surface area contributed by atoms with E-state index in [-0.39, 0.29) is 30.9 Å². The van der Waals surface area contributed by atoms with Crippen molar-refractivity contribution in [2.75, 3.05) is 6.61 Å². The zero-order chi connectivity index (χ0) is 11.3. The molecule has 1 N–H and O–H groups in total. The molecule has 1 rings (SSSR count). The summed E-state index contributed by atoms with van der Waals surface area (Å²) in [4.78, 5) is 25.3. The zero-order valence-corrected chi connectivity index (χ0v) is 8.23. The second kappa shape index (κ2) is 5.14. The van der Waals surface area contributed by atoms with Crippen molar-refractivity contribution in [1.82, 2.24) is 4.98 Å². The Hall–Kier alpha value is -1.85. The summed E-state index contributed by atoms with van der Waals surface area (Å²) < 4.78 is 9.63. The van der Waals surface area contributed by atoms with Crippen LogP contribution in [0.5, 0.6) is 0 Å². The van der Waals surface area contributed by atoms with E-state index in [4.69, 9.17) is 14.3 Å². The molecule has 0 unspecified atom stereocenters. The van der Waals surface area contributed by atoms with Crippen molar-refractivity contribution in [1.29, 1.82) is 0 Å². The summed E-state index contributed by atoms with van der Waals surface area (Å²) >= 11 is 0. The molecule has 0 saturated heterocycles. The van der Waals surface area contributed by atoms with Crippen LogP contribution in [-0.4, -0.2) is 28.6 Å². The number of rotatable bonds is 5. The number of aryl methyl sites for hydroxylation is 1. The van der Waals surface area contributed by atoms with Gasteiger partial charge in [0.25, 0.3) is 0 Å². The molecule has 1 aromatic rings. The second-order valence-electron chi connectivity index (χ2n) is 2.74. The highest BCUT2D eigenvalue weighted by Gasteiger charge is 2.18. The number of carbonyl (C=O) groups excluding carboxylic acids is 1. The molecule has 15 heavy (non-hydrogen) atoms. The lowest BCUT2D eigenvalue weighted by molar-refractivity contribution is -0.137. The summed E-state index contributed by atoms with van der Waals surface area (Å²) in [5.74, 6) is -1.30. The molecule has 0 saturated carbocycles. The summed E-state index contributed by atoms with van der Waals surface area (Å²) in [6, 6.07) is 0. The lowest BCUT2D eigenvalue weighted by atomic mass is 10.2. The first-order valence-electron chi connectivity index (χ1n) is 4.46. The van der Waals surface area contributed by atoms with Gasteiger partial charge in [-0.3, -0.25) is 4.79 Å². The fourth-order valence-electron chi connectivity index (χ4n) is 1.03. The number of hydrogen-bond donors (Lipinski definition) is 1. The number of hydrogen-bond acceptors (Lipinski definition) is 5. The van der Waals surface area contributed by atoms with Crippen LogP contribution in [0.3, 0.4) is 0 Å². The Bertz CT molecular complexity index is 357. The molecule has 0 amide bonds. The molecule has 6 heteroatoms. The average molecular weight is 213 g/mol. The van der Waals surface area contributed by atoms with Crippen LogP contribution in [0.15, 0.2) is 10.8 Å². The van der Waals surface area contributed by atoms with Crippen LogP contribution < -0.4 is 0 Å². The molecule has 0 bridgehead atoms. The standard InChI is InChI=1S/C9H11NO5/c1-2-14-9(13)8-6(15-5-10-8)3-4-7(11)12/h5H,2-4H2,1H3,(H,11,12). The molecule has 0 aliphatic carbocycles. The van der Waals surface area contributed by atoms with Crippen LogP contribution in [0.25, 0.3) is 0 Å². The number of aromatic nitrogens is 1. The number of ether oxygens (including phenoxy) is 1. The zero-order valence-electron chi connectivity index (χ0n) is 8.23. The van der Waals surface area contributed by atoms with Crippen LogP contribution in [0, 0.1) is 0 Å². The average Bonchev–Trinajstić information content (AvgIpc) is 2.62. The fourth-order valence-corrected chi connectivity index (χ4v) is 1.03. The summed E-state index contributed by atoms with van der Waals surface area (Å²) in [6.45, 7) is 1.92. The van der Waals surface area contributed by atoms with Gasteiger partial charge in [-0.1, -0.05) is 0 Å². The number of nitrogens with zero attached hydrogens (tertiary/aromatic N) is 1. The van der Waals surface area contributed by atoms with Crippen LogP contribution in [0.2, 0.25) is 0 Å². The van der Waals surface area contributed by atoms with Gasteiger partial charge in [-0.25, -0.2) is 9.78 Å². The molecule has 0 fully saturated rings. The van der Waals surface area contributed by atoms with Crippen molar-refractivity contribution in [3.05, 3.63) is 17.8 Å². The molecule has 0 aliphatic heterocycles. The quantitative estimate of drug-likeness (QED) is 0.730. The summed E-state index contributed by atoms with van der Waals surface area (Å²) in [5.41, 5.74) is 0.0538. The van der Waals surface area contributed by atoms with Crippen LogP contribution in [0.4, 0.5) is 0 Å². The molecular formula is C9H11NO5. The molecular weight excluding hydrogens is 202 g/mol. The first-order chi connectivity index (χ1) is 7.15. The maximum atomic E-state index is 11.3. The molecule has 6 nitrogen and oxygen atoms in total.